The van der Waals surface area contributed by atoms with Crippen LogP contribution in [0.15, 0.2) is 48.5 Å². The average Bonchev–Trinajstić information content (AvgIpc) is 2.62. The second-order valence-electron chi connectivity index (χ2n) is 6.32. The Morgan fingerprint density at radius 3 is 2.16 bits per heavy atom. The van der Waals surface area contributed by atoms with Gasteiger partial charge in [0.1, 0.15) is 0 Å². The number of rotatable bonds is 3. The van der Waals surface area contributed by atoms with Crippen LogP contribution in [0.5, 0.6) is 0 Å². The van der Waals surface area contributed by atoms with E-state index >= 15 is 0 Å². The van der Waals surface area contributed by atoms with Crippen LogP contribution in [0.2, 0.25) is 0 Å². The Kier molecular flexibility index (Phi) is 5.03. The first-order chi connectivity index (χ1) is 12.0. The molecule has 5 heteroatoms. The highest BCUT2D eigenvalue weighted by Crippen LogP contribution is 2.21. The Balaban J connectivity index is 1.61. The number of anilines is 2. The van der Waals surface area contributed by atoms with Gasteiger partial charge in [0.05, 0.1) is 0 Å². The van der Waals surface area contributed by atoms with Gasteiger partial charge in [0.25, 0.3) is 5.91 Å². The Bertz CT molecular complexity index is 763. The maximum Gasteiger partial charge on any atom is 0.253 e. The molecule has 0 atom stereocenters. The van der Waals surface area contributed by atoms with Crippen molar-refractivity contribution in [1.29, 1.82) is 0 Å². The van der Waals surface area contributed by atoms with Crippen molar-refractivity contribution in [2.45, 2.75) is 13.8 Å². The van der Waals surface area contributed by atoms with Gasteiger partial charge in [-0.25, -0.2) is 0 Å². The Hall–Kier alpha value is -2.82. The zero-order valence-corrected chi connectivity index (χ0v) is 14.7. The normalized spacial score (nSPS) is 14.3. The van der Waals surface area contributed by atoms with Gasteiger partial charge in [0, 0.05) is 50.0 Å². The second-order valence-corrected chi connectivity index (χ2v) is 6.32. The molecule has 130 valence electrons. The van der Waals surface area contributed by atoms with E-state index < -0.39 is 0 Å². The van der Waals surface area contributed by atoms with Gasteiger partial charge < -0.3 is 15.1 Å². The third-order valence-electron chi connectivity index (χ3n) is 4.48. The van der Waals surface area contributed by atoms with Crippen LogP contribution in [0.3, 0.4) is 0 Å². The fourth-order valence-corrected chi connectivity index (χ4v) is 3.15. The number of benzene rings is 2. The fraction of sp³-hybridized carbons (Fsp3) is 0.300. The molecule has 0 saturated carbocycles. The highest BCUT2D eigenvalue weighted by atomic mass is 16.2. The van der Waals surface area contributed by atoms with Crippen molar-refractivity contribution in [1.82, 2.24) is 4.90 Å². The van der Waals surface area contributed by atoms with Crippen LogP contribution in [0.4, 0.5) is 11.4 Å². The first-order valence-corrected chi connectivity index (χ1v) is 8.52. The van der Waals surface area contributed by atoms with Gasteiger partial charge in [0.2, 0.25) is 5.91 Å². The molecule has 1 heterocycles. The zero-order valence-electron chi connectivity index (χ0n) is 14.7. The SMILES string of the molecule is CC(=O)Nc1ccc(C(=O)N2CCN(c3ccccc3C)CC2)cc1. The number of piperazine rings is 1. The molecular weight excluding hydrogens is 314 g/mol. The molecule has 2 amide bonds. The molecule has 1 aliphatic heterocycles. The third kappa shape index (κ3) is 3.99. The van der Waals surface area contributed by atoms with Gasteiger partial charge in [-0.1, -0.05) is 18.2 Å². The Morgan fingerprint density at radius 2 is 1.56 bits per heavy atom. The lowest BCUT2D eigenvalue weighted by molar-refractivity contribution is -0.114. The van der Waals surface area contributed by atoms with Crippen molar-refractivity contribution >= 4 is 23.2 Å². The van der Waals surface area contributed by atoms with E-state index in [1.165, 1.54) is 18.2 Å². The summed E-state index contributed by atoms with van der Waals surface area (Å²) in [5.74, 6) is -0.0785. The van der Waals surface area contributed by atoms with Crippen LogP contribution in [0.1, 0.15) is 22.8 Å². The number of nitrogens with zero attached hydrogens (tertiary/aromatic N) is 2. The summed E-state index contributed by atoms with van der Waals surface area (Å²) in [6, 6.07) is 15.4. The predicted octanol–water partition coefficient (Wildman–Crippen LogP) is 2.92. The standard InChI is InChI=1S/C20H23N3O2/c1-15-5-3-4-6-19(15)22-11-13-23(14-12-22)20(25)17-7-9-18(10-8-17)21-16(2)24/h3-10H,11-14H2,1-2H3,(H,21,24). The van der Waals surface area contributed by atoms with E-state index in [4.69, 9.17) is 0 Å². The largest absolute Gasteiger partial charge is 0.368 e. The molecule has 0 aromatic heterocycles. The molecular formula is C20H23N3O2. The number of para-hydroxylation sites is 1. The first-order valence-electron chi connectivity index (χ1n) is 8.52. The molecule has 2 aromatic carbocycles. The highest BCUT2D eigenvalue weighted by Gasteiger charge is 2.22. The predicted molar refractivity (Wildman–Crippen MR) is 100 cm³/mol. The van der Waals surface area contributed by atoms with Gasteiger partial charge >= 0.3 is 0 Å². The zero-order chi connectivity index (χ0) is 17.8. The van der Waals surface area contributed by atoms with Crippen LogP contribution in [0.25, 0.3) is 0 Å². The molecule has 0 bridgehead atoms. The number of amides is 2. The second kappa shape index (κ2) is 7.38. The lowest BCUT2D eigenvalue weighted by atomic mass is 10.1. The van der Waals surface area contributed by atoms with Crippen LogP contribution >= 0.6 is 0 Å². The van der Waals surface area contributed by atoms with E-state index in [0.717, 1.165) is 13.1 Å². The molecule has 0 unspecified atom stereocenters. The summed E-state index contributed by atoms with van der Waals surface area (Å²) in [4.78, 5) is 27.9. The number of hydrogen-bond acceptors (Lipinski definition) is 3. The molecule has 0 radical (unpaired) electrons. The molecule has 5 nitrogen and oxygen atoms in total. The van der Waals surface area contributed by atoms with Gasteiger partial charge in [-0.05, 0) is 42.8 Å². The Labute approximate surface area is 148 Å². The van der Waals surface area contributed by atoms with E-state index in [-0.39, 0.29) is 11.8 Å². The van der Waals surface area contributed by atoms with Gasteiger partial charge in [-0.2, -0.15) is 0 Å². The number of carbonyl (C=O) groups is 2. The molecule has 2 aromatic rings. The quantitative estimate of drug-likeness (QED) is 0.937. The van der Waals surface area contributed by atoms with Crippen LogP contribution in [-0.4, -0.2) is 42.9 Å². The van der Waals surface area contributed by atoms with Crippen molar-refractivity contribution in [2.75, 3.05) is 36.4 Å². The van der Waals surface area contributed by atoms with E-state index in [9.17, 15) is 9.59 Å². The lowest BCUT2D eigenvalue weighted by Crippen LogP contribution is -2.49. The summed E-state index contributed by atoms with van der Waals surface area (Å²) >= 11 is 0. The number of hydrogen-bond donors (Lipinski definition) is 1. The number of carbonyl (C=O) groups excluding carboxylic acids is 2. The van der Waals surface area contributed by atoms with E-state index in [2.05, 4.69) is 35.3 Å². The summed E-state index contributed by atoms with van der Waals surface area (Å²) in [7, 11) is 0. The average molecular weight is 337 g/mol. The molecule has 25 heavy (non-hydrogen) atoms. The van der Waals surface area contributed by atoms with E-state index in [1.54, 1.807) is 24.3 Å². The first kappa shape index (κ1) is 17.0. The number of aryl methyl sites for hydroxylation is 1. The molecule has 0 aliphatic carbocycles. The van der Waals surface area contributed by atoms with Crippen molar-refractivity contribution in [3.8, 4) is 0 Å². The van der Waals surface area contributed by atoms with Crippen molar-refractivity contribution < 1.29 is 9.59 Å². The van der Waals surface area contributed by atoms with Crippen molar-refractivity contribution in [3.63, 3.8) is 0 Å². The highest BCUT2D eigenvalue weighted by molar-refractivity contribution is 5.95. The number of nitrogens with one attached hydrogen (secondary N) is 1. The summed E-state index contributed by atoms with van der Waals surface area (Å²) in [5, 5.41) is 2.71. The summed E-state index contributed by atoms with van der Waals surface area (Å²) in [6.45, 7) is 6.67. The fourth-order valence-electron chi connectivity index (χ4n) is 3.15. The van der Waals surface area contributed by atoms with Crippen molar-refractivity contribution in [3.05, 3.63) is 59.7 Å². The molecule has 1 N–H and O–H groups in total. The van der Waals surface area contributed by atoms with Crippen LogP contribution in [-0.2, 0) is 4.79 Å². The Morgan fingerprint density at radius 1 is 0.920 bits per heavy atom. The van der Waals surface area contributed by atoms with Gasteiger partial charge in [-0.3, -0.25) is 9.59 Å². The summed E-state index contributed by atoms with van der Waals surface area (Å²) < 4.78 is 0. The summed E-state index contributed by atoms with van der Waals surface area (Å²) in [5.41, 5.74) is 3.86. The molecule has 1 fully saturated rings. The van der Waals surface area contributed by atoms with Gasteiger partial charge in [0.15, 0.2) is 0 Å². The maximum absolute atomic E-state index is 12.7. The molecule has 0 spiro atoms. The van der Waals surface area contributed by atoms with Crippen LogP contribution < -0.4 is 10.2 Å². The monoisotopic (exact) mass is 337 g/mol. The minimum atomic E-state index is -0.119. The van der Waals surface area contributed by atoms with Crippen molar-refractivity contribution in [2.24, 2.45) is 0 Å². The lowest BCUT2D eigenvalue weighted by Gasteiger charge is -2.36. The molecule has 1 aliphatic rings. The smallest absolute Gasteiger partial charge is 0.253 e. The minimum Gasteiger partial charge on any atom is -0.368 e. The third-order valence-corrected chi connectivity index (χ3v) is 4.48. The molecule has 1 saturated heterocycles. The summed E-state index contributed by atoms with van der Waals surface area (Å²) in [6.07, 6.45) is 0. The minimum absolute atomic E-state index is 0.0406. The van der Waals surface area contributed by atoms with Gasteiger partial charge in [-0.15, -0.1) is 0 Å². The maximum atomic E-state index is 12.7. The molecule has 3 rings (SSSR count). The van der Waals surface area contributed by atoms with Crippen LogP contribution in [0, 0.1) is 6.92 Å². The van der Waals surface area contributed by atoms with E-state index in [0.29, 0.717) is 24.3 Å². The topological polar surface area (TPSA) is 52.7 Å². The van der Waals surface area contributed by atoms with E-state index in [1.807, 2.05) is 11.0 Å².